The third-order valence-electron chi connectivity index (χ3n) is 3.51. The molecule has 1 aliphatic heterocycles. The van der Waals surface area contributed by atoms with Crippen LogP contribution in [0.5, 0.6) is 0 Å². The van der Waals surface area contributed by atoms with Gasteiger partial charge in [-0.1, -0.05) is 26.0 Å². The predicted molar refractivity (Wildman–Crippen MR) is 85.4 cm³/mol. The number of halogens is 1. The Bertz CT molecular complexity index is 450. The van der Waals surface area contributed by atoms with E-state index in [9.17, 15) is 4.79 Å². The highest BCUT2D eigenvalue weighted by Crippen LogP contribution is 2.18. The number of likely N-dealkylation sites (tertiary alicyclic amines) is 1. The van der Waals surface area contributed by atoms with Crippen molar-refractivity contribution >= 4 is 24.0 Å². The highest BCUT2D eigenvalue weighted by molar-refractivity contribution is 5.92. The van der Waals surface area contributed by atoms with Gasteiger partial charge < -0.3 is 11.1 Å². The number of hydrogen-bond acceptors (Lipinski definition) is 3. The Morgan fingerprint density at radius 2 is 2.25 bits per heavy atom. The first kappa shape index (κ1) is 17.0. The number of hydrogen-bond donors (Lipinski definition) is 2. The molecule has 2 rings (SSSR count). The Balaban J connectivity index is 0.00000200. The molecule has 1 amide bonds. The van der Waals surface area contributed by atoms with Gasteiger partial charge in [0.25, 0.3) is 0 Å². The van der Waals surface area contributed by atoms with Crippen molar-refractivity contribution in [3.63, 3.8) is 0 Å². The molecule has 1 fully saturated rings. The molecule has 1 saturated heterocycles. The number of carbonyl (C=O) groups excluding carboxylic acids is 1. The zero-order valence-corrected chi connectivity index (χ0v) is 13.0. The molecule has 0 radical (unpaired) electrons. The van der Waals surface area contributed by atoms with Crippen molar-refractivity contribution in [2.24, 2.45) is 5.73 Å². The summed E-state index contributed by atoms with van der Waals surface area (Å²) in [6.07, 6.45) is 0.982. The van der Waals surface area contributed by atoms with Crippen LogP contribution in [0.4, 0.5) is 5.69 Å². The first-order valence-electron chi connectivity index (χ1n) is 6.92. The van der Waals surface area contributed by atoms with Crippen LogP contribution >= 0.6 is 12.4 Å². The van der Waals surface area contributed by atoms with E-state index in [1.807, 2.05) is 18.2 Å². The van der Waals surface area contributed by atoms with Gasteiger partial charge in [0.05, 0.1) is 6.54 Å². The van der Waals surface area contributed by atoms with Gasteiger partial charge in [0.2, 0.25) is 5.91 Å². The lowest BCUT2D eigenvalue weighted by atomic mass is 10.0. The molecule has 0 spiro atoms. The topological polar surface area (TPSA) is 58.4 Å². The Hall–Kier alpha value is -1.10. The number of amides is 1. The summed E-state index contributed by atoms with van der Waals surface area (Å²) in [5.74, 6) is 0.503. The molecule has 1 heterocycles. The third kappa shape index (κ3) is 4.78. The first-order valence-corrected chi connectivity index (χ1v) is 6.92. The Morgan fingerprint density at radius 1 is 1.50 bits per heavy atom. The van der Waals surface area contributed by atoms with E-state index in [4.69, 9.17) is 5.73 Å². The van der Waals surface area contributed by atoms with Crippen LogP contribution in [0, 0.1) is 0 Å². The van der Waals surface area contributed by atoms with Crippen LogP contribution < -0.4 is 11.1 Å². The molecule has 112 valence electrons. The average Bonchev–Trinajstić information content (AvgIpc) is 2.74. The van der Waals surface area contributed by atoms with Crippen LogP contribution in [0.25, 0.3) is 0 Å². The molecule has 0 saturated carbocycles. The number of nitrogens with one attached hydrogen (secondary N) is 1. The van der Waals surface area contributed by atoms with Gasteiger partial charge in [0, 0.05) is 24.8 Å². The lowest BCUT2D eigenvalue weighted by molar-refractivity contribution is -0.117. The molecule has 3 N–H and O–H groups in total. The molecule has 4 nitrogen and oxygen atoms in total. The number of carbonyl (C=O) groups is 1. The van der Waals surface area contributed by atoms with Gasteiger partial charge in [0.1, 0.15) is 0 Å². The number of benzene rings is 1. The van der Waals surface area contributed by atoms with Crippen molar-refractivity contribution in [2.75, 3.05) is 25.0 Å². The smallest absolute Gasteiger partial charge is 0.238 e. The largest absolute Gasteiger partial charge is 0.326 e. The van der Waals surface area contributed by atoms with Crippen LogP contribution in [0.15, 0.2) is 24.3 Å². The number of rotatable bonds is 4. The highest BCUT2D eigenvalue weighted by Gasteiger charge is 2.20. The van der Waals surface area contributed by atoms with Crippen LogP contribution in [-0.2, 0) is 4.79 Å². The molecule has 0 aliphatic carbocycles. The van der Waals surface area contributed by atoms with E-state index in [1.165, 1.54) is 5.56 Å². The fourth-order valence-electron chi connectivity index (χ4n) is 2.39. The minimum Gasteiger partial charge on any atom is -0.326 e. The second kappa shape index (κ2) is 7.62. The third-order valence-corrected chi connectivity index (χ3v) is 3.51. The van der Waals surface area contributed by atoms with Crippen LogP contribution in [0.1, 0.15) is 31.7 Å². The summed E-state index contributed by atoms with van der Waals surface area (Å²) in [6.45, 7) is 6.46. The number of anilines is 1. The van der Waals surface area contributed by atoms with Crippen molar-refractivity contribution in [2.45, 2.75) is 32.2 Å². The molecule has 1 aromatic rings. The maximum absolute atomic E-state index is 12.0. The van der Waals surface area contributed by atoms with E-state index < -0.39 is 0 Å². The molecule has 1 aliphatic rings. The predicted octanol–water partition coefficient (Wildman–Crippen LogP) is 2.20. The summed E-state index contributed by atoms with van der Waals surface area (Å²) in [6, 6.07) is 8.26. The minimum atomic E-state index is 0. The van der Waals surface area contributed by atoms with Gasteiger partial charge in [-0.2, -0.15) is 0 Å². The molecular formula is C15H24ClN3O. The van der Waals surface area contributed by atoms with Gasteiger partial charge in [-0.05, 0) is 30.0 Å². The summed E-state index contributed by atoms with van der Waals surface area (Å²) in [5, 5.41) is 2.96. The van der Waals surface area contributed by atoms with Gasteiger partial charge in [-0.15, -0.1) is 12.4 Å². The maximum Gasteiger partial charge on any atom is 0.238 e. The number of nitrogens with two attached hydrogens (primary N) is 1. The average molecular weight is 298 g/mol. The summed E-state index contributed by atoms with van der Waals surface area (Å²) in [7, 11) is 0. The lowest BCUT2D eigenvalue weighted by Crippen LogP contribution is -2.33. The van der Waals surface area contributed by atoms with E-state index in [2.05, 4.69) is 30.1 Å². The monoisotopic (exact) mass is 297 g/mol. The second-order valence-electron chi connectivity index (χ2n) is 5.61. The zero-order valence-electron chi connectivity index (χ0n) is 12.1. The van der Waals surface area contributed by atoms with Crippen LogP contribution in [0.3, 0.4) is 0 Å². The van der Waals surface area contributed by atoms with Crippen molar-refractivity contribution in [3.05, 3.63) is 29.8 Å². The summed E-state index contributed by atoms with van der Waals surface area (Å²) >= 11 is 0. The van der Waals surface area contributed by atoms with Crippen molar-refractivity contribution < 1.29 is 4.79 Å². The molecular weight excluding hydrogens is 274 g/mol. The van der Waals surface area contributed by atoms with E-state index >= 15 is 0 Å². The van der Waals surface area contributed by atoms with E-state index in [-0.39, 0.29) is 24.4 Å². The van der Waals surface area contributed by atoms with Crippen molar-refractivity contribution in [3.8, 4) is 0 Å². The quantitative estimate of drug-likeness (QED) is 0.896. The fraction of sp³-hybridized carbons (Fsp3) is 0.533. The van der Waals surface area contributed by atoms with E-state index in [1.54, 1.807) is 0 Å². The minimum absolute atomic E-state index is 0. The first-order chi connectivity index (χ1) is 9.04. The standard InChI is InChI=1S/C15H23N3O.ClH/c1-11(2)12-4-3-5-14(8-12)17-15(19)10-18-7-6-13(16)9-18;/h3-5,8,11,13H,6-7,9-10,16H2,1-2H3,(H,17,19);1H. The molecule has 0 aromatic heterocycles. The summed E-state index contributed by atoms with van der Waals surface area (Å²) in [5.41, 5.74) is 7.94. The van der Waals surface area contributed by atoms with Gasteiger partial charge >= 0.3 is 0 Å². The Morgan fingerprint density at radius 3 is 2.85 bits per heavy atom. The van der Waals surface area contributed by atoms with E-state index in [0.717, 1.165) is 25.2 Å². The van der Waals surface area contributed by atoms with Gasteiger partial charge in [0.15, 0.2) is 0 Å². The number of nitrogens with zero attached hydrogens (tertiary/aromatic N) is 1. The summed E-state index contributed by atoms with van der Waals surface area (Å²) < 4.78 is 0. The van der Waals surface area contributed by atoms with Gasteiger partial charge in [-0.25, -0.2) is 0 Å². The summed E-state index contributed by atoms with van der Waals surface area (Å²) in [4.78, 5) is 14.1. The fourth-order valence-corrected chi connectivity index (χ4v) is 2.39. The lowest BCUT2D eigenvalue weighted by Gasteiger charge is -2.15. The van der Waals surface area contributed by atoms with Crippen LogP contribution in [-0.4, -0.2) is 36.5 Å². The molecule has 20 heavy (non-hydrogen) atoms. The zero-order chi connectivity index (χ0) is 13.8. The molecule has 0 bridgehead atoms. The van der Waals surface area contributed by atoms with Crippen LogP contribution in [0.2, 0.25) is 0 Å². The maximum atomic E-state index is 12.0. The Kier molecular flexibility index (Phi) is 6.46. The highest BCUT2D eigenvalue weighted by atomic mass is 35.5. The molecule has 1 unspecified atom stereocenters. The Labute approximate surface area is 127 Å². The van der Waals surface area contributed by atoms with Crippen molar-refractivity contribution in [1.82, 2.24) is 4.90 Å². The molecule has 5 heteroatoms. The van der Waals surface area contributed by atoms with Gasteiger partial charge in [-0.3, -0.25) is 9.69 Å². The SMILES string of the molecule is CC(C)c1cccc(NC(=O)CN2CCC(N)C2)c1.Cl. The molecule has 1 aromatic carbocycles. The second-order valence-corrected chi connectivity index (χ2v) is 5.61. The molecule has 1 atom stereocenters. The van der Waals surface area contributed by atoms with E-state index in [0.29, 0.717) is 12.5 Å². The normalized spacial score (nSPS) is 18.9. The van der Waals surface area contributed by atoms with Crippen molar-refractivity contribution in [1.29, 1.82) is 0 Å².